The predicted molar refractivity (Wildman–Crippen MR) is 89.9 cm³/mol. The number of likely N-dealkylation sites (tertiary alicyclic amines) is 1. The second-order valence-corrected chi connectivity index (χ2v) is 7.68. The first-order chi connectivity index (χ1) is 10.6. The van der Waals surface area contributed by atoms with Gasteiger partial charge in [-0.25, -0.2) is 0 Å². The standard InChI is InChI=1S/C18H33N3O/c1-15-6-5-7-16(2)21(15)18(22)14-19-10-12-20(13-11-19)17-8-3-4-9-17/h15-17H,3-14H2,1-2H3. The Labute approximate surface area is 135 Å². The fourth-order valence-electron chi connectivity index (χ4n) is 4.74. The fourth-order valence-corrected chi connectivity index (χ4v) is 4.74. The summed E-state index contributed by atoms with van der Waals surface area (Å²) in [5.74, 6) is 0.356. The Kier molecular flexibility index (Phi) is 5.40. The second kappa shape index (κ2) is 7.31. The maximum absolute atomic E-state index is 12.7. The van der Waals surface area contributed by atoms with Crippen LogP contribution in [0.2, 0.25) is 0 Å². The maximum Gasteiger partial charge on any atom is 0.237 e. The lowest BCUT2D eigenvalue weighted by Crippen LogP contribution is -2.55. The molecule has 0 aromatic carbocycles. The number of amides is 1. The van der Waals surface area contributed by atoms with E-state index >= 15 is 0 Å². The highest BCUT2D eigenvalue weighted by Crippen LogP contribution is 2.25. The number of carbonyl (C=O) groups excluding carboxylic acids is 1. The van der Waals surface area contributed by atoms with Crippen molar-refractivity contribution in [3.8, 4) is 0 Å². The van der Waals surface area contributed by atoms with Gasteiger partial charge >= 0.3 is 0 Å². The molecule has 4 nitrogen and oxygen atoms in total. The second-order valence-electron chi connectivity index (χ2n) is 7.68. The van der Waals surface area contributed by atoms with Gasteiger partial charge in [0.1, 0.15) is 0 Å². The zero-order valence-electron chi connectivity index (χ0n) is 14.5. The molecule has 126 valence electrons. The van der Waals surface area contributed by atoms with Crippen LogP contribution in [0.5, 0.6) is 0 Å². The van der Waals surface area contributed by atoms with E-state index in [-0.39, 0.29) is 0 Å². The molecule has 3 rings (SSSR count). The van der Waals surface area contributed by atoms with Crippen LogP contribution in [-0.2, 0) is 4.79 Å². The van der Waals surface area contributed by atoms with E-state index in [2.05, 4.69) is 28.5 Å². The van der Waals surface area contributed by atoms with Gasteiger partial charge in [0.05, 0.1) is 6.54 Å². The lowest BCUT2D eigenvalue weighted by molar-refractivity contribution is -0.139. The molecule has 1 saturated carbocycles. The Morgan fingerprint density at radius 1 is 0.864 bits per heavy atom. The van der Waals surface area contributed by atoms with Crippen molar-refractivity contribution < 1.29 is 4.79 Å². The maximum atomic E-state index is 12.7. The Bertz CT molecular complexity index is 363. The van der Waals surface area contributed by atoms with Gasteiger partial charge in [-0.05, 0) is 46.0 Å². The van der Waals surface area contributed by atoms with E-state index in [4.69, 9.17) is 0 Å². The van der Waals surface area contributed by atoms with Crippen molar-refractivity contribution in [2.45, 2.75) is 76.9 Å². The van der Waals surface area contributed by atoms with Gasteiger partial charge in [-0.1, -0.05) is 12.8 Å². The van der Waals surface area contributed by atoms with E-state index in [0.717, 1.165) is 32.2 Å². The highest BCUT2D eigenvalue weighted by molar-refractivity contribution is 5.79. The zero-order valence-corrected chi connectivity index (χ0v) is 14.5. The van der Waals surface area contributed by atoms with Crippen LogP contribution in [0.25, 0.3) is 0 Å². The largest absolute Gasteiger partial charge is 0.336 e. The summed E-state index contributed by atoms with van der Waals surface area (Å²) in [6.07, 6.45) is 9.22. The Morgan fingerprint density at radius 3 is 2.05 bits per heavy atom. The molecule has 0 aromatic heterocycles. The van der Waals surface area contributed by atoms with Crippen molar-refractivity contribution in [2.24, 2.45) is 0 Å². The average molecular weight is 307 g/mol. The van der Waals surface area contributed by atoms with Gasteiger partial charge in [-0.2, -0.15) is 0 Å². The van der Waals surface area contributed by atoms with E-state index in [9.17, 15) is 4.79 Å². The molecule has 0 spiro atoms. The molecule has 0 N–H and O–H groups in total. The summed E-state index contributed by atoms with van der Waals surface area (Å²) < 4.78 is 0. The molecule has 2 aliphatic heterocycles. The quantitative estimate of drug-likeness (QED) is 0.801. The summed E-state index contributed by atoms with van der Waals surface area (Å²) in [4.78, 5) is 19.9. The van der Waals surface area contributed by atoms with Gasteiger partial charge in [-0.15, -0.1) is 0 Å². The van der Waals surface area contributed by atoms with Crippen LogP contribution in [0.1, 0.15) is 58.8 Å². The SMILES string of the molecule is CC1CCCC(C)N1C(=O)CN1CCN(C2CCCC2)CC1. The third-order valence-corrected chi connectivity index (χ3v) is 6.09. The molecule has 4 heteroatoms. The van der Waals surface area contributed by atoms with Crippen LogP contribution in [0.15, 0.2) is 0 Å². The van der Waals surface area contributed by atoms with Crippen molar-refractivity contribution in [2.75, 3.05) is 32.7 Å². The third kappa shape index (κ3) is 3.65. The van der Waals surface area contributed by atoms with Crippen LogP contribution >= 0.6 is 0 Å². The summed E-state index contributed by atoms with van der Waals surface area (Å²) in [6.45, 7) is 9.51. The number of piperidine rings is 1. The first-order valence-electron chi connectivity index (χ1n) is 9.42. The molecule has 0 bridgehead atoms. The Morgan fingerprint density at radius 2 is 1.45 bits per heavy atom. The predicted octanol–water partition coefficient (Wildman–Crippen LogP) is 2.34. The van der Waals surface area contributed by atoms with Crippen molar-refractivity contribution >= 4 is 5.91 Å². The third-order valence-electron chi connectivity index (χ3n) is 6.09. The molecule has 1 aliphatic carbocycles. The number of piperazine rings is 1. The molecule has 0 radical (unpaired) electrons. The van der Waals surface area contributed by atoms with Gasteiger partial charge in [0, 0.05) is 44.3 Å². The molecule has 0 aromatic rings. The van der Waals surface area contributed by atoms with Crippen LogP contribution < -0.4 is 0 Å². The van der Waals surface area contributed by atoms with Gasteiger partial charge in [-0.3, -0.25) is 14.6 Å². The number of nitrogens with zero attached hydrogens (tertiary/aromatic N) is 3. The lowest BCUT2D eigenvalue weighted by Gasteiger charge is -2.42. The first kappa shape index (κ1) is 16.3. The zero-order chi connectivity index (χ0) is 15.5. The van der Waals surface area contributed by atoms with Gasteiger partial charge in [0.2, 0.25) is 5.91 Å². The normalized spacial score (nSPS) is 32.5. The minimum absolute atomic E-state index is 0.356. The van der Waals surface area contributed by atoms with Crippen LogP contribution in [0, 0.1) is 0 Å². The van der Waals surface area contributed by atoms with E-state index < -0.39 is 0 Å². The molecule has 22 heavy (non-hydrogen) atoms. The summed E-state index contributed by atoms with van der Waals surface area (Å²) in [6, 6.07) is 1.69. The summed E-state index contributed by atoms with van der Waals surface area (Å²) in [5.41, 5.74) is 0. The molecule has 2 atom stereocenters. The highest BCUT2D eigenvalue weighted by Gasteiger charge is 2.31. The highest BCUT2D eigenvalue weighted by atomic mass is 16.2. The number of hydrogen-bond donors (Lipinski definition) is 0. The van der Waals surface area contributed by atoms with Crippen LogP contribution in [-0.4, -0.2) is 71.5 Å². The number of carbonyl (C=O) groups is 1. The van der Waals surface area contributed by atoms with Crippen molar-refractivity contribution in [3.63, 3.8) is 0 Å². The molecule has 3 fully saturated rings. The minimum atomic E-state index is 0.356. The molecule has 1 amide bonds. The molecular weight excluding hydrogens is 274 g/mol. The summed E-state index contributed by atoms with van der Waals surface area (Å²) in [7, 11) is 0. The smallest absolute Gasteiger partial charge is 0.237 e. The minimum Gasteiger partial charge on any atom is -0.336 e. The van der Waals surface area contributed by atoms with E-state index in [1.54, 1.807) is 0 Å². The van der Waals surface area contributed by atoms with Gasteiger partial charge in [0.15, 0.2) is 0 Å². The van der Waals surface area contributed by atoms with Crippen LogP contribution in [0.4, 0.5) is 0 Å². The van der Waals surface area contributed by atoms with E-state index in [0.29, 0.717) is 24.5 Å². The Hall–Kier alpha value is -0.610. The summed E-state index contributed by atoms with van der Waals surface area (Å²) >= 11 is 0. The Balaban J connectivity index is 1.46. The van der Waals surface area contributed by atoms with Gasteiger partial charge in [0.25, 0.3) is 0 Å². The molecule has 2 heterocycles. The first-order valence-corrected chi connectivity index (χ1v) is 9.42. The average Bonchev–Trinajstić information content (AvgIpc) is 3.02. The lowest BCUT2D eigenvalue weighted by atomic mass is 9.97. The van der Waals surface area contributed by atoms with Crippen molar-refractivity contribution in [3.05, 3.63) is 0 Å². The summed E-state index contributed by atoms with van der Waals surface area (Å²) in [5, 5.41) is 0. The van der Waals surface area contributed by atoms with Gasteiger partial charge < -0.3 is 4.90 Å². The molecule has 2 saturated heterocycles. The van der Waals surface area contributed by atoms with Crippen molar-refractivity contribution in [1.82, 2.24) is 14.7 Å². The fraction of sp³-hybridized carbons (Fsp3) is 0.944. The van der Waals surface area contributed by atoms with E-state index in [1.165, 1.54) is 44.9 Å². The number of rotatable bonds is 3. The molecular formula is C18H33N3O. The molecule has 2 unspecified atom stereocenters. The van der Waals surface area contributed by atoms with E-state index in [1.807, 2.05) is 0 Å². The molecule has 3 aliphatic rings. The topological polar surface area (TPSA) is 26.8 Å². The monoisotopic (exact) mass is 307 g/mol. The van der Waals surface area contributed by atoms with Crippen molar-refractivity contribution in [1.29, 1.82) is 0 Å². The number of hydrogen-bond acceptors (Lipinski definition) is 3. The van der Waals surface area contributed by atoms with Crippen LogP contribution in [0.3, 0.4) is 0 Å².